The van der Waals surface area contributed by atoms with Crippen LogP contribution < -0.4 is 5.32 Å². The minimum absolute atomic E-state index is 0.318. The van der Waals surface area contributed by atoms with Gasteiger partial charge in [0.2, 0.25) is 5.91 Å². The van der Waals surface area contributed by atoms with E-state index in [1.165, 1.54) is 30.4 Å². The van der Waals surface area contributed by atoms with Gasteiger partial charge in [-0.15, -0.1) is 0 Å². The summed E-state index contributed by atoms with van der Waals surface area (Å²) in [4.78, 5) is 14.2. The van der Waals surface area contributed by atoms with Crippen LogP contribution in [0.1, 0.15) is 42.9 Å². The van der Waals surface area contributed by atoms with Gasteiger partial charge in [-0.25, -0.2) is 0 Å². The third-order valence-corrected chi connectivity index (χ3v) is 5.50. The van der Waals surface area contributed by atoms with Crippen molar-refractivity contribution < 1.29 is 4.79 Å². The number of hydrogen-bond acceptors (Lipinski definition) is 3. The number of amides is 1. The fourth-order valence-corrected chi connectivity index (χ4v) is 4.34. The molecule has 0 saturated carbocycles. The standard InChI is InChI=1S/C17H24N2OS/c20-17(19-10-4-1-5-11-19)8-9-18-16-13-21-12-14-6-2-3-7-15(14)16/h2-3,6-7,16,18H,1,4-5,8-13H2. The Morgan fingerprint density at radius 3 is 2.90 bits per heavy atom. The minimum Gasteiger partial charge on any atom is -0.343 e. The zero-order chi connectivity index (χ0) is 14.5. The molecule has 0 spiro atoms. The number of thioether (sulfide) groups is 1. The van der Waals surface area contributed by atoms with E-state index in [9.17, 15) is 4.79 Å². The van der Waals surface area contributed by atoms with Crippen molar-refractivity contribution in [3.05, 3.63) is 35.4 Å². The summed E-state index contributed by atoms with van der Waals surface area (Å²) in [6.07, 6.45) is 4.25. The highest BCUT2D eigenvalue weighted by molar-refractivity contribution is 7.98. The summed E-state index contributed by atoms with van der Waals surface area (Å²) in [7, 11) is 0. The largest absolute Gasteiger partial charge is 0.343 e. The maximum absolute atomic E-state index is 12.2. The van der Waals surface area contributed by atoms with Crippen LogP contribution in [0.5, 0.6) is 0 Å². The van der Waals surface area contributed by atoms with E-state index < -0.39 is 0 Å². The molecule has 2 aliphatic rings. The number of rotatable bonds is 4. The summed E-state index contributed by atoms with van der Waals surface area (Å²) < 4.78 is 0. The van der Waals surface area contributed by atoms with Gasteiger partial charge in [-0.2, -0.15) is 11.8 Å². The molecule has 1 unspecified atom stereocenters. The van der Waals surface area contributed by atoms with Gasteiger partial charge in [0.25, 0.3) is 0 Å². The van der Waals surface area contributed by atoms with Crippen LogP contribution in [0.15, 0.2) is 24.3 Å². The van der Waals surface area contributed by atoms with E-state index in [1.807, 2.05) is 16.7 Å². The Morgan fingerprint density at radius 1 is 1.24 bits per heavy atom. The molecule has 1 aromatic rings. The number of hydrogen-bond donors (Lipinski definition) is 1. The molecule has 3 nitrogen and oxygen atoms in total. The van der Waals surface area contributed by atoms with Gasteiger partial charge < -0.3 is 10.2 Å². The molecule has 0 aromatic heterocycles. The molecule has 0 radical (unpaired) electrons. The highest BCUT2D eigenvalue weighted by Gasteiger charge is 2.20. The molecule has 2 aliphatic heterocycles. The van der Waals surface area contributed by atoms with Crippen molar-refractivity contribution in [2.75, 3.05) is 25.4 Å². The van der Waals surface area contributed by atoms with Gasteiger partial charge in [0.1, 0.15) is 0 Å². The lowest BCUT2D eigenvalue weighted by Crippen LogP contribution is -2.38. The van der Waals surface area contributed by atoms with Gasteiger partial charge in [0, 0.05) is 43.6 Å². The molecule has 1 atom stereocenters. The quantitative estimate of drug-likeness (QED) is 0.928. The fraction of sp³-hybridized carbons (Fsp3) is 0.588. The lowest BCUT2D eigenvalue weighted by molar-refractivity contribution is -0.132. The molecule has 1 N–H and O–H groups in total. The average Bonchev–Trinajstić information content (AvgIpc) is 2.56. The summed E-state index contributed by atoms with van der Waals surface area (Å²) in [5.74, 6) is 2.54. The molecular formula is C17H24N2OS. The van der Waals surface area contributed by atoms with E-state index >= 15 is 0 Å². The fourth-order valence-electron chi connectivity index (χ4n) is 3.21. The molecule has 2 heterocycles. The number of piperidine rings is 1. The van der Waals surface area contributed by atoms with Gasteiger partial charge >= 0.3 is 0 Å². The van der Waals surface area contributed by atoms with Crippen LogP contribution in [0.4, 0.5) is 0 Å². The number of carbonyl (C=O) groups excluding carboxylic acids is 1. The zero-order valence-electron chi connectivity index (χ0n) is 12.5. The Kier molecular flexibility index (Phi) is 5.20. The van der Waals surface area contributed by atoms with Crippen molar-refractivity contribution in [1.29, 1.82) is 0 Å². The van der Waals surface area contributed by atoms with Gasteiger partial charge in [-0.05, 0) is 30.4 Å². The molecule has 21 heavy (non-hydrogen) atoms. The normalized spacial score (nSPS) is 21.9. The molecular weight excluding hydrogens is 280 g/mol. The average molecular weight is 304 g/mol. The number of fused-ring (bicyclic) bond motifs is 1. The summed E-state index contributed by atoms with van der Waals surface area (Å²) in [5, 5.41) is 3.58. The van der Waals surface area contributed by atoms with Crippen molar-refractivity contribution in [3.8, 4) is 0 Å². The van der Waals surface area contributed by atoms with E-state index in [-0.39, 0.29) is 0 Å². The van der Waals surface area contributed by atoms with Crippen molar-refractivity contribution in [1.82, 2.24) is 10.2 Å². The van der Waals surface area contributed by atoms with Crippen molar-refractivity contribution in [3.63, 3.8) is 0 Å². The summed E-state index contributed by atoms with van der Waals surface area (Å²) in [6.45, 7) is 2.71. The number of benzene rings is 1. The monoisotopic (exact) mass is 304 g/mol. The molecule has 0 aliphatic carbocycles. The van der Waals surface area contributed by atoms with Crippen LogP contribution in [0.25, 0.3) is 0 Å². The molecule has 1 amide bonds. The number of carbonyl (C=O) groups is 1. The van der Waals surface area contributed by atoms with Gasteiger partial charge in [-0.1, -0.05) is 24.3 Å². The number of nitrogens with zero attached hydrogens (tertiary/aromatic N) is 1. The van der Waals surface area contributed by atoms with Gasteiger partial charge in [0.15, 0.2) is 0 Å². The third kappa shape index (κ3) is 3.80. The molecule has 3 rings (SSSR count). The smallest absolute Gasteiger partial charge is 0.223 e. The minimum atomic E-state index is 0.318. The zero-order valence-corrected chi connectivity index (χ0v) is 13.3. The Labute approximate surface area is 131 Å². The third-order valence-electron chi connectivity index (χ3n) is 4.41. The molecule has 1 fully saturated rings. The van der Waals surface area contributed by atoms with Crippen molar-refractivity contribution in [2.24, 2.45) is 0 Å². The van der Waals surface area contributed by atoms with Crippen molar-refractivity contribution in [2.45, 2.75) is 37.5 Å². The van der Waals surface area contributed by atoms with Crippen LogP contribution in [0.3, 0.4) is 0 Å². The number of nitrogens with one attached hydrogen (secondary N) is 1. The van der Waals surface area contributed by atoms with Crippen LogP contribution >= 0.6 is 11.8 Å². The van der Waals surface area contributed by atoms with Gasteiger partial charge in [0.05, 0.1) is 0 Å². The van der Waals surface area contributed by atoms with Crippen molar-refractivity contribution >= 4 is 17.7 Å². The van der Waals surface area contributed by atoms with E-state index in [0.717, 1.165) is 31.1 Å². The SMILES string of the molecule is O=C(CCNC1CSCc2ccccc21)N1CCCCC1. The second-order valence-electron chi connectivity index (χ2n) is 5.91. The first-order valence-corrected chi connectivity index (χ1v) is 9.17. The molecule has 1 aromatic carbocycles. The summed E-state index contributed by atoms with van der Waals surface area (Å²) >= 11 is 1.97. The molecule has 1 saturated heterocycles. The predicted molar refractivity (Wildman–Crippen MR) is 88.4 cm³/mol. The first-order valence-electron chi connectivity index (χ1n) is 8.01. The van der Waals surface area contributed by atoms with E-state index in [1.54, 1.807) is 0 Å². The highest BCUT2D eigenvalue weighted by atomic mass is 32.2. The Bertz CT molecular complexity index is 485. The second-order valence-corrected chi connectivity index (χ2v) is 6.94. The predicted octanol–water partition coefficient (Wildman–Crippen LogP) is 2.97. The lowest BCUT2D eigenvalue weighted by atomic mass is 10.0. The van der Waals surface area contributed by atoms with E-state index in [2.05, 4.69) is 29.6 Å². The molecule has 4 heteroatoms. The molecule has 114 valence electrons. The summed E-state index contributed by atoms with van der Waals surface area (Å²) in [6, 6.07) is 9.06. The van der Waals surface area contributed by atoms with Crippen LogP contribution in [-0.4, -0.2) is 36.2 Å². The highest BCUT2D eigenvalue weighted by Crippen LogP contribution is 2.31. The van der Waals surface area contributed by atoms with E-state index in [4.69, 9.17) is 0 Å². The lowest BCUT2D eigenvalue weighted by Gasteiger charge is -2.28. The van der Waals surface area contributed by atoms with Crippen LogP contribution in [-0.2, 0) is 10.5 Å². The topological polar surface area (TPSA) is 32.3 Å². The molecule has 0 bridgehead atoms. The van der Waals surface area contributed by atoms with Crippen LogP contribution in [0, 0.1) is 0 Å². The number of likely N-dealkylation sites (tertiary alicyclic amines) is 1. The van der Waals surface area contributed by atoms with Crippen LogP contribution in [0.2, 0.25) is 0 Å². The first kappa shape index (κ1) is 14.9. The maximum atomic E-state index is 12.2. The Balaban J connectivity index is 1.48. The van der Waals surface area contributed by atoms with Gasteiger partial charge in [-0.3, -0.25) is 4.79 Å². The Hall–Kier alpha value is -1.00. The summed E-state index contributed by atoms with van der Waals surface area (Å²) in [5.41, 5.74) is 2.86. The first-order chi connectivity index (χ1) is 10.3. The Morgan fingerprint density at radius 2 is 2.05 bits per heavy atom. The second kappa shape index (κ2) is 7.32. The van der Waals surface area contributed by atoms with E-state index in [0.29, 0.717) is 18.4 Å². The maximum Gasteiger partial charge on any atom is 0.223 e.